The van der Waals surface area contributed by atoms with Crippen LogP contribution >= 0.6 is 0 Å². The highest BCUT2D eigenvalue weighted by molar-refractivity contribution is 5.66. The van der Waals surface area contributed by atoms with Gasteiger partial charge in [-0.2, -0.15) is 0 Å². The highest BCUT2D eigenvalue weighted by Crippen LogP contribution is 2.36. The summed E-state index contributed by atoms with van der Waals surface area (Å²) in [4.78, 5) is 2.20. The third kappa shape index (κ3) is 3.80. The Labute approximate surface area is 136 Å². The van der Waals surface area contributed by atoms with Crippen LogP contribution in [0.15, 0.2) is 46.6 Å². The lowest BCUT2D eigenvalue weighted by atomic mass is 10.1. The molecule has 0 aliphatic heterocycles. The average molecular weight is 313 g/mol. The maximum Gasteiger partial charge on any atom is 0.145 e. The fourth-order valence-electron chi connectivity index (χ4n) is 2.49. The van der Waals surface area contributed by atoms with Crippen molar-refractivity contribution in [2.75, 3.05) is 18.0 Å². The summed E-state index contributed by atoms with van der Waals surface area (Å²) in [5.41, 5.74) is 2.91. The van der Waals surface area contributed by atoms with E-state index in [1.165, 1.54) is 0 Å². The number of phenols is 2. The van der Waals surface area contributed by atoms with E-state index < -0.39 is 0 Å². The van der Waals surface area contributed by atoms with Crippen molar-refractivity contribution in [1.29, 1.82) is 0 Å². The Morgan fingerprint density at radius 2 is 1.52 bits per heavy atom. The van der Waals surface area contributed by atoms with Crippen LogP contribution < -0.4 is 4.90 Å². The fraction of sp³-hybridized carbons (Fsp3) is 0.333. The number of azo groups is 1. The van der Waals surface area contributed by atoms with Gasteiger partial charge in [0.15, 0.2) is 0 Å². The third-order valence-electron chi connectivity index (χ3n) is 3.81. The summed E-state index contributed by atoms with van der Waals surface area (Å²) in [6.45, 7) is 8.00. The zero-order valence-corrected chi connectivity index (χ0v) is 13.8. The van der Waals surface area contributed by atoms with Crippen molar-refractivity contribution in [1.82, 2.24) is 0 Å². The van der Waals surface area contributed by atoms with E-state index >= 15 is 0 Å². The Bertz CT molecular complexity index is 695. The number of aryl methyl sites for hydroxylation is 1. The molecular formula is C18H23N3O2. The molecule has 0 bridgehead atoms. The topological polar surface area (TPSA) is 68.4 Å². The normalized spacial score (nSPS) is 11.1. The van der Waals surface area contributed by atoms with Gasteiger partial charge in [-0.25, -0.2) is 0 Å². The van der Waals surface area contributed by atoms with Crippen LogP contribution in [0.25, 0.3) is 0 Å². The van der Waals surface area contributed by atoms with Gasteiger partial charge in [-0.1, -0.05) is 19.1 Å². The first-order valence-electron chi connectivity index (χ1n) is 7.91. The minimum atomic E-state index is 0.0613. The average Bonchev–Trinajstić information content (AvgIpc) is 2.56. The van der Waals surface area contributed by atoms with E-state index in [2.05, 4.69) is 35.9 Å². The first-order chi connectivity index (χ1) is 11.1. The Balaban J connectivity index is 2.39. The Kier molecular flexibility index (Phi) is 5.57. The molecule has 5 heteroatoms. The summed E-state index contributed by atoms with van der Waals surface area (Å²) >= 11 is 0. The molecule has 0 amide bonds. The molecule has 0 atom stereocenters. The lowest BCUT2D eigenvalue weighted by Gasteiger charge is -2.24. The molecule has 0 saturated heterocycles. The zero-order valence-electron chi connectivity index (χ0n) is 13.8. The highest BCUT2D eigenvalue weighted by atomic mass is 16.3. The molecule has 5 nitrogen and oxygen atoms in total. The van der Waals surface area contributed by atoms with Crippen molar-refractivity contribution in [3.8, 4) is 11.5 Å². The van der Waals surface area contributed by atoms with Crippen molar-refractivity contribution in [3.05, 3.63) is 42.0 Å². The SMILES string of the molecule is CCc1cc(N=Nc2ccccc2O)c(O)cc1N(CC)CC. The van der Waals surface area contributed by atoms with Crippen molar-refractivity contribution < 1.29 is 10.2 Å². The molecule has 0 unspecified atom stereocenters. The van der Waals surface area contributed by atoms with E-state index in [-0.39, 0.29) is 11.5 Å². The van der Waals surface area contributed by atoms with E-state index in [9.17, 15) is 10.2 Å². The lowest BCUT2D eigenvalue weighted by molar-refractivity contribution is 0.473. The Morgan fingerprint density at radius 1 is 0.870 bits per heavy atom. The number of nitrogens with zero attached hydrogens (tertiary/aromatic N) is 3. The van der Waals surface area contributed by atoms with Gasteiger partial charge in [0.2, 0.25) is 0 Å². The van der Waals surface area contributed by atoms with Crippen LogP contribution in [0, 0.1) is 0 Å². The quantitative estimate of drug-likeness (QED) is 0.744. The monoisotopic (exact) mass is 313 g/mol. The zero-order chi connectivity index (χ0) is 16.8. The summed E-state index contributed by atoms with van der Waals surface area (Å²) in [5, 5.41) is 28.1. The van der Waals surface area contributed by atoms with E-state index in [0.717, 1.165) is 30.8 Å². The summed E-state index contributed by atoms with van der Waals surface area (Å²) in [5.74, 6) is 0.148. The van der Waals surface area contributed by atoms with E-state index in [4.69, 9.17) is 0 Å². The maximum atomic E-state index is 10.3. The largest absolute Gasteiger partial charge is 0.506 e. The molecule has 0 aliphatic rings. The summed E-state index contributed by atoms with van der Waals surface area (Å²) in [6, 6.07) is 10.3. The fourth-order valence-corrected chi connectivity index (χ4v) is 2.49. The van der Waals surface area contributed by atoms with Gasteiger partial charge in [-0.3, -0.25) is 0 Å². The van der Waals surface area contributed by atoms with Crippen LogP contribution in [0.1, 0.15) is 26.3 Å². The smallest absolute Gasteiger partial charge is 0.145 e. The van der Waals surface area contributed by atoms with Crippen LogP contribution in [0.4, 0.5) is 17.1 Å². The van der Waals surface area contributed by atoms with Gasteiger partial charge in [0.1, 0.15) is 22.9 Å². The second kappa shape index (κ2) is 7.63. The van der Waals surface area contributed by atoms with Gasteiger partial charge in [-0.15, -0.1) is 10.2 Å². The maximum absolute atomic E-state index is 10.3. The summed E-state index contributed by atoms with van der Waals surface area (Å²) in [7, 11) is 0. The van der Waals surface area contributed by atoms with Crippen LogP contribution in [0.2, 0.25) is 0 Å². The number of anilines is 1. The van der Waals surface area contributed by atoms with Crippen molar-refractivity contribution in [2.45, 2.75) is 27.2 Å². The highest BCUT2D eigenvalue weighted by Gasteiger charge is 2.12. The van der Waals surface area contributed by atoms with E-state index in [1.807, 2.05) is 6.07 Å². The van der Waals surface area contributed by atoms with Crippen molar-refractivity contribution >= 4 is 17.1 Å². The van der Waals surface area contributed by atoms with Crippen LogP contribution in [0.3, 0.4) is 0 Å². The molecule has 2 aromatic carbocycles. The number of hydrogen-bond donors (Lipinski definition) is 2. The molecule has 2 aromatic rings. The number of benzene rings is 2. The standard InChI is InChI=1S/C18H23N3O2/c1-4-13-11-15(18(23)12-16(13)21(5-2)6-3)20-19-14-9-7-8-10-17(14)22/h7-12,22-23H,4-6H2,1-3H3. The first-order valence-corrected chi connectivity index (χ1v) is 7.91. The molecule has 23 heavy (non-hydrogen) atoms. The molecule has 122 valence electrons. The van der Waals surface area contributed by atoms with Crippen LogP contribution in [-0.2, 0) is 6.42 Å². The third-order valence-corrected chi connectivity index (χ3v) is 3.81. The summed E-state index contributed by atoms with van der Waals surface area (Å²) < 4.78 is 0. The molecule has 0 fully saturated rings. The minimum Gasteiger partial charge on any atom is -0.506 e. The molecule has 2 N–H and O–H groups in total. The number of hydrogen-bond acceptors (Lipinski definition) is 5. The van der Waals surface area contributed by atoms with E-state index in [1.54, 1.807) is 30.3 Å². The van der Waals surface area contributed by atoms with Gasteiger partial charge >= 0.3 is 0 Å². The predicted octanol–water partition coefficient (Wildman–Crippen LogP) is 4.92. The molecule has 0 radical (unpaired) electrons. The summed E-state index contributed by atoms with van der Waals surface area (Å²) in [6.07, 6.45) is 0.839. The Hall–Kier alpha value is -2.56. The number of aromatic hydroxyl groups is 2. The van der Waals surface area contributed by atoms with Gasteiger partial charge in [0.05, 0.1) is 0 Å². The van der Waals surface area contributed by atoms with Gasteiger partial charge < -0.3 is 15.1 Å². The van der Waals surface area contributed by atoms with Gasteiger partial charge in [0, 0.05) is 24.8 Å². The molecule has 0 aromatic heterocycles. The second-order valence-electron chi connectivity index (χ2n) is 5.18. The molecular weight excluding hydrogens is 290 g/mol. The Morgan fingerprint density at radius 3 is 2.13 bits per heavy atom. The van der Waals surface area contributed by atoms with Crippen molar-refractivity contribution in [3.63, 3.8) is 0 Å². The molecule has 0 saturated carbocycles. The first kappa shape index (κ1) is 16.8. The predicted molar refractivity (Wildman–Crippen MR) is 93.3 cm³/mol. The number of phenolic OH excluding ortho intramolecular Hbond substituents is 2. The molecule has 0 aliphatic carbocycles. The second-order valence-corrected chi connectivity index (χ2v) is 5.18. The lowest BCUT2D eigenvalue weighted by Crippen LogP contribution is -2.23. The van der Waals surface area contributed by atoms with Gasteiger partial charge in [0.25, 0.3) is 0 Å². The van der Waals surface area contributed by atoms with Crippen LogP contribution in [0.5, 0.6) is 11.5 Å². The molecule has 2 rings (SSSR count). The molecule has 0 spiro atoms. The van der Waals surface area contributed by atoms with Gasteiger partial charge in [-0.05, 0) is 44.0 Å². The van der Waals surface area contributed by atoms with Crippen LogP contribution in [-0.4, -0.2) is 23.3 Å². The van der Waals surface area contributed by atoms with E-state index in [0.29, 0.717) is 11.4 Å². The van der Waals surface area contributed by atoms with Crippen molar-refractivity contribution in [2.24, 2.45) is 10.2 Å². The number of rotatable bonds is 6. The minimum absolute atomic E-state index is 0.0613. The number of para-hydroxylation sites is 1. The molecule has 0 heterocycles.